The van der Waals surface area contributed by atoms with Gasteiger partial charge in [-0.2, -0.15) is 11.8 Å². The van der Waals surface area contributed by atoms with E-state index in [-0.39, 0.29) is 24.0 Å². The number of rotatable bonds is 14. The van der Waals surface area contributed by atoms with Crippen molar-refractivity contribution in [3.8, 4) is 0 Å². The van der Waals surface area contributed by atoms with Gasteiger partial charge in [0.15, 0.2) is 0 Å². The minimum Gasteiger partial charge on any atom is -0.384 e. The van der Waals surface area contributed by atoms with Crippen molar-refractivity contribution in [3.63, 3.8) is 0 Å². The first kappa shape index (κ1) is 26.2. The number of carbonyl (C=O) groups is 3. The van der Waals surface area contributed by atoms with Crippen molar-refractivity contribution in [1.82, 2.24) is 16.0 Å². The van der Waals surface area contributed by atoms with Crippen LogP contribution in [0.2, 0.25) is 0 Å². The van der Waals surface area contributed by atoms with Crippen molar-refractivity contribution in [1.29, 1.82) is 0 Å². The molecule has 1 aromatic rings. The van der Waals surface area contributed by atoms with E-state index in [1.165, 1.54) is 0 Å². The molecule has 9 nitrogen and oxygen atoms in total. The number of urea groups is 1. The highest BCUT2D eigenvalue weighted by molar-refractivity contribution is 8.00. The lowest BCUT2D eigenvalue weighted by molar-refractivity contribution is -0.890. The molecule has 10 heteroatoms. The maximum Gasteiger partial charge on any atom is 0.315 e. The van der Waals surface area contributed by atoms with Gasteiger partial charge in [-0.1, -0.05) is 12.1 Å². The maximum absolute atomic E-state index is 12.2. The van der Waals surface area contributed by atoms with Crippen molar-refractivity contribution in [2.75, 3.05) is 51.3 Å². The zero-order valence-electron chi connectivity index (χ0n) is 20.3. The van der Waals surface area contributed by atoms with Crippen LogP contribution >= 0.6 is 11.8 Å². The van der Waals surface area contributed by atoms with Gasteiger partial charge in [-0.05, 0) is 25.0 Å². The third-order valence-corrected chi connectivity index (χ3v) is 8.05. The van der Waals surface area contributed by atoms with Gasteiger partial charge in [0.2, 0.25) is 5.91 Å². The molecule has 1 aromatic carbocycles. The van der Waals surface area contributed by atoms with Gasteiger partial charge in [-0.3, -0.25) is 9.59 Å². The average Bonchev–Trinajstić information content (AvgIpc) is 3.34. The molecule has 2 fully saturated rings. The van der Waals surface area contributed by atoms with E-state index >= 15 is 0 Å². The minimum atomic E-state index is -0.424. The molecule has 0 spiro atoms. The van der Waals surface area contributed by atoms with Gasteiger partial charge in [0.25, 0.3) is 5.91 Å². The molecule has 0 aromatic heterocycles. The number of primary amides is 1. The van der Waals surface area contributed by atoms with Crippen LogP contribution < -0.4 is 27.0 Å². The summed E-state index contributed by atoms with van der Waals surface area (Å²) in [6.45, 7) is 3.43. The molecule has 0 bridgehead atoms. The average molecular weight is 492 g/mol. The molecular weight excluding hydrogens is 452 g/mol. The molecule has 2 aliphatic rings. The first-order valence-corrected chi connectivity index (χ1v) is 13.2. The summed E-state index contributed by atoms with van der Waals surface area (Å²) in [5, 5.41) is 12.7. The van der Waals surface area contributed by atoms with Crippen LogP contribution in [0.1, 0.15) is 42.5 Å². The molecule has 0 radical (unpaired) electrons. The van der Waals surface area contributed by atoms with Crippen molar-refractivity contribution in [3.05, 3.63) is 29.8 Å². The number of nitrogens with one attached hydrogen (secondary N) is 4. The second-order valence-corrected chi connectivity index (χ2v) is 11.1. The first-order valence-electron chi connectivity index (χ1n) is 12.2. The first-order chi connectivity index (χ1) is 16.2. The van der Waals surface area contributed by atoms with Gasteiger partial charge in [0.05, 0.1) is 44.8 Å². The maximum atomic E-state index is 12.2. The number of benzene rings is 1. The fourth-order valence-electron chi connectivity index (χ4n) is 4.62. The Kier molecular flexibility index (Phi) is 9.46. The van der Waals surface area contributed by atoms with Crippen LogP contribution in [0.15, 0.2) is 24.3 Å². The number of anilines is 1. The summed E-state index contributed by atoms with van der Waals surface area (Å²) in [5.41, 5.74) is 6.72. The Bertz CT molecular complexity index is 865. The van der Waals surface area contributed by atoms with E-state index in [0.29, 0.717) is 23.8 Å². The standard InChI is InChI=1S/C24H38N6O3S/c1-30(2,14-6-12-26-18-9-4-3-8-17(18)23(25)32)15-7-13-27-21(31)11-5-10-20-22-19(16-34-20)28-24(33)29-22/h3-4,8-9,19-20,22H,5-7,10-16H2,1-2H3,(H5-,25,26,27,28,29,31,32,33)/p+1. The van der Waals surface area contributed by atoms with Gasteiger partial charge in [-0.15, -0.1) is 0 Å². The molecule has 2 aliphatic heterocycles. The number of amides is 4. The topological polar surface area (TPSA) is 125 Å². The molecule has 3 unspecified atom stereocenters. The molecule has 0 aliphatic carbocycles. The second kappa shape index (κ2) is 12.3. The van der Waals surface area contributed by atoms with Crippen LogP contribution in [0.3, 0.4) is 0 Å². The highest BCUT2D eigenvalue weighted by Crippen LogP contribution is 2.33. The molecule has 2 heterocycles. The van der Waals surface area contributed by atoms with Crippen molar-refractivity contribution in [2.45, 2.75) is 49.4 Å². The number of nitrogens with two attached hydrogens (primary N) is 1. The van der Waals surface area contributed by atoms with E-state index in [1.54, 1.807) is 6.07 Å². The third kappa shape index (κ3) is 7.80. The lowest BCUT2D eigenvalue weighted by Crippen LogP contribution is -2.43. The smallest absolute Gasteiger partial charge is 0.315 e. The highest BCUT2D eigenvalue weighted by Gasteiger charge is 2.42. The predicted molar refractivity (Wildman–Crippen MR) is 137 cm³/mol. The molecule has 4 amide bonds. The normalized spacial score (nSPS) is 21.5. The fourth-order valence-corrected chi connectivity index (χ4v) is 6.17. The molecule has 0 saturated carbocycles. The fraction of sp³-hybridized carbons (Fsp3) is 0.625. The summed E-state index contributed by atoms with van der Waals surface area (Å²) < 4.78 is 0.871. The summed E-state index contributed by atoms with van der Waals surface area (Å²) in [6.07, 6.45) is 4.21. The Balaban J connectivity index is 1.23. The molecule has 34 heavy (non-hydrogen) atoms. The molecule has 3 rings (SSSR count). The van der Waals surface area contributed by atoms with Crippen LogP contribution in [0.5, 0.6) is 0 Å². The van der Waals surface area contributed by atoms with E-state index in [0.717, 1.165) is 61.2 Å². The predicted octanol–water partition coefficient (Wildman–Crippen LogP) is 1.51. The molecule has 188 valence electrons. The van der Waals surface area contributed by atoms with E-state index in [2.05, 4.69) is 35.4 Å². The Labute approximate surface area is 206 Å². The third-order valence-electron chi connectivity index (χ3n) is 6.54. The number of hydrogen-bond acceptors (Lipinski definition) is 5. The van der Waals surface area contributed by atoms with Crippen LogP contribution in [-0.2, 0) is 4.79 Å². The number of para-hydroxylation sites is 1. The van der Waals surface area contributed by atoms with Gasteiger partial charge in [0.1, 0.15) is 0 Å². The number of quaternary nitrogens is 1. The van der Waals surface area contributed by atoms with Gasteiger partial charge in [0, 0.05) is 49.0 Å². The van der Waals surface area contributed by atoms with Crippen LogP contribution in [-0.4, -0.2) is 85.7 Å². The summed E-state index contributed by atoms with van der Waals surface area (Å²) in [5.74, 6) is 0.632. The quantitative estimate of drug-likeness (QED) is 0.153. The number of thioether (sulfide) groups is 1. The molecule has 3 atom stereocenters. The molecular formula is C24H39N6O3S+. The van der Waals surface area contributed by atoms with Crippen LogP contribution in [0.4, 0.5) is 10.5 Å². The van der Waals surface area contributed by atoms with Gasteiger partial charge >= 0.3 is 6.03 Å². The summed E-state index contributed by atoms with van der Waals surface area (Å²) in [6, 6.07) is 7.67. The van der Waals surface area contributed by atoms with E-state index in [1.807, 2.05) is 30.0 Å². The lowest BCUT2D eigenvalue weighted by Gasteiger charge is -2.30. The van der Waals surface area contributed by atoms with Gasteiger partial charge < -0.3 is 31.5 Å². The monoisotopic (exact) mass is 491 g/mol. The SMILES string of the molecule is C[N+](C)(CCCNC(=O)CCCC1SCC2NC(=O)NC21)CCCNc1ccccc1C(N)=O. The molecule has 6 N–H and O–H groups in total. The number of hydrogen-bond donors (Lipinski definition) is 5. The second-order valence-electron chi connectivity index (χ2n) is 9.79. The van der Waals surface area contributed by atoms with Crippen LogP contribution in [0, 0.1) is 0 Å². The van der Waals surface area contributed by atoms with E-state index in [9.17, 15) is 14.4 Å². The van der Waals surface area contributed by atoms with Crippen LogP contribution in [0.25, 0.3) is 0 Å². The Hall–Kier alpha value is -2.46. The Morgan fingerprint density at radius 2 is 1.85 bits per heavy atom. The Morgan fingerprint density at radius 3 is 2.62 bits per heavy atom. The Morgan fingerprint density at radius 1 is 1.12 bits per heavy atom. The number of fused-ring (bicyclic) bond motifs is 1. The van der Waals surface area contributed by atoms with E-state index < -0.39 is 5.91 Å². The molecule has 2 saturated heterocycles. The van der Waals surface area contributed by atoms with Gasteiger partial charge in [-0.25, -0.2) is 4.79 Å². The lowest BCUT2D eigenvalue weighted by atomic mass is 10.0. The largest absolute Gasteiger partial charge is 0.384 e. The summed E-state index contributed by atoms with van der Waals surface area (Å²) in [7, 11) is 4.39. The summed E-state index contributed by atoms with van der Waals surface area (Å²) in [4.78, 5) is 35.2. The number of carbonyl (C=O) groups excluding carboxylic acids is 3. The van der Waals surface area contributed by atoms with Crippen molar-refractivity contribution >= 4 is 35.3 Å². The highest BCUT2D eigenvalue weighted by atomic mass is 32.2. The summed E-state index contributed by atoms with van der Waals surface area (Å²) >= 11 is 1.88. The number of nitrogens with zero attached hydrogens (tertiary/aromatic N) is 1. The zero-order valence-corrected chi connectivity index (χ0v) is 21.1. The minimum absolute atomic E-state index is 0.0657. The van der Waals surface area contributed by atoms with E-state index in [4.69, 9.17) is 5.73 Å². The van der Waals surface area contributed by atoms with Crippen molar-refractivity contribution < 1.29 is 18.9 Å². The zero-order chi connectivity index (χ0) is 24.6. The van der Waals surface area contributed by atoms with Crippen molar-refractivity contribution in [2.24, 2.45) is 5.73 Å².